The Morgan fingerprint density at radius 2 is 1.94 bits per heavy atom. The van der Waals surface area contributed by atoms with Gasteiger partial charge in [0.1, 0.15) is 16.9 Å². The Morgan fingerprint density at radius 1 is 1.24 bits per heavy atom. The lowest BCUT2D eigenvalue weighted by molar-refractivity contribution is -0.0227. The minimum atomic E-state index is -3.67. The molecular formula is C24H27NO7S. The molecule has 8 nitrogen and oxygen atoms in total. The van der Waals surface area contributed by atoms with Crippen LogP contribution in [0.1, 0.15) is 41.4 Å². The van der Waals surface area contributed by atoms with Crippen molar-refractivity contribution >= 4 is 32.6 Å². The molecule has 1 aliphatic heterocycles. The summed E-state index contributed by atoms with van der Waals surface area (Å²) in [6.07, 6.45) is -0.114. The van der Waals surface area contributed by atoms with Crippen LogP contribution in [0, 0.1) is 6.92 Å². The molecule has 4 rings (SSSR count). The number of hydrogen-bond donors (Lipinski definition) is 1. The summed E-state index contributed by atoms with van der Waals surface area (Å²) in [5, 5.41) is 10.2. The van der Waals surface area contributed by atoms with Crippen LogP contribution in [0.2, 0.25) is 0 Å². The summed E-state index contributed by atoms with van der Waals surface area (Å²) >= 11 is 0. The molecule has 0 fully saturated rings. The van der Waals surface area contributed by atoms with Crippen molar-refractivity contribution in [3.05, 3.63) is 53.1 Å². The summed E-state index contributed by atoms with van der Waals surface area (Å²) in [4.78, 5) is 13.0. The molecule has 2 heterocycles. The normalized spacial score (nSPS) is 18.8. The van der Waals surface area contributed by atoms with Crippen LogP contribution >= 0.6 is 0 Å². The highest BCUT2D eigenvalue weighted by Gasteiger charge is 2.33. The van der Waals surface area contributed by atoms with Crippen molar-refractivity contribution in [3.63, 3.8) is 0 Å². The quantitative estimate of drug-likeness (QED) is 0.562. The van der Waals surface area contributed by atoms with Gasteiger partial charge < -0.3 is 19.0 Å². The topological polar surface area (TPSA) is 106 Å². The highest BCUT2D eigenvalue weighted by Crippen LogP contribution is 2.42. The van der Waals surface area contributed by atoms with Gasteiger partial charge in [0.2, 0.25) is 10.0 Å². The number of fused-ring (bicyclic) bond motifs is 2. The number of aliphatic hydroxyl groups excluding tert-OH is 1. The lowest BCUT2D eigenvalue weighted by atomic mass is 10.0. The summed E-state index contributed by atoms with van der Waals surface area (Å²) < 4.78 is 43.8. The summed E-state index contributed by atoms with van der Waals surface area (Å²) in [7, 11) is -3.67. The average molecular weight is 474 g/mol. The fraction of sp³-hybridized carbons (Fsp3) is 0.375. The highest BCUT2D eigenvalue weighted by molar-refractivity contribution is 7.92. The van der Waals surface area contributed by atoms with Gasteiger partial charge in [-0.05, 0) is 26.8 Å². The van der Waals surface area contributed by atoms with Gasteiger partial charge in [-0.3, -0.25) is 4.31 Å². The third kappa shape index (κ3) is 4.36. The van der Waals surface area contributed by atoms with E-state index in [-0.39, 0.29) is 25.3 Å². The van der Waals surface area contributed by atoms with Crippen LogP contribution in [0.5, 0.6) is 0 Å². The number of hydrogen-bond acceptors (Lipinski definition) is 7. The van der Waals surface area contributed by atoms with Gasteiger partial charge in [0.05, 0.1) is 43.9 Å². The van der Waals surface area contributed by atoms with E-state index in [2.05, 4.69) is 0 Å². The monoisotopic (exact) mass is 473 g/mol. The second-order valence-corrected chi connectivity index (χ2v) is 10.1. The van der Waals surface area contributed by atoms with Gasteiger partial charge in [0.15, 0.2) is 0 Å². The van der Waals surface area contributed by atoms with Crippen LogP contribution in [-0.4, -0.2) is 51.6 Å². The van der Waals surface area contributed by atoms with E-state index in [1.807, 2.05) is 31.2 Å². The predicted octanol–water partition coefficient (Wildman–Crippen LogP) is 3.80. The van der Waals surface area contributed by atoms with Crippen molar-refractivity contribution in [2.45, 2.75) is 33.0 Å². The molecule has 0 unspecified atom stereocenters. The van der Waals surface area contributed by atoms with Crippen LogP contribution in [0.3, 0.4) is 0 Å². The Kier molecular flexibility index (Phi) is 6.22. The minimum absolute atomic E-state index is 0.0333. The van der Waals surface area contributed by atoms with Crippen molar-refractivity contribution in [3.8, 4) is 11.3 Å². The van der Waals surface area contributed by atoms with E-state index in [1.165, 1.54) is 4.31 Å². The molecule has 0 amide bonds. The Bertz CT molecular complexity index is 1290. The van der Waals surface area contributed by atoms with E-state index in [1.54, 1.807) is 26.0 Å². The zero-order chi connectivity index (χ0) is 23.9. The van der Waals surface area contributed by atoms with Crippen molar-refractivity contribution in [2.75, 3.05) is 30.3 Å². The molecule has 9 heteroatoms. The van der Waals surface area contributed by atoms with E-state index in [4.69, 9.17) is 13.9 Å². The Hall–Kier alpha value is -2.88. The van der Waals surface area contributed by atoms with Crippen molar-refractivity contribution in [1.29, 1.82) is 0 Å². The first-order valence-electron chi connectivity index (χ1n) is 10.7. The molecule has 0 radical (unpaired) electrons. The van der Waals surface area contributed by atoms with Gasteiger partial charge in [-0.25, -0.2) is 13.2 Å². The highest BCUT2D eigenvalue weighted by atomic mass is 32.2. The number of nitrogens with zero attached hydrogens (tertiary/aromatic N) is 1. The molecule has 0 bridgehead atoms. The minimum Gasteiger partial charge on any atom is -0.462 e. The first kappa shape index (κ1) is 23.3. The van der Waals surface area contributed by atoms with E-state index < -0.39 is 28.2 Å². The number of furan rings is 1. The lowest BCUT2D eigenvalue weighted by Crippen LogP contribution is -2.38. The number of aliphatic hydroxyl groups is 1. The van der Waals surface area contributed by atoms with E-state index >= 15 is 0 Å². The zero-order valence-electron chi connectivity index (χ0n) is 19.0. The number of ether oxygens (including phenoxy) is 2. The number of carbonyl (C=O) groups is 1. The Labute approximate surface area is 192 Å². The van der Waals surface area contributed by atoms with E-state index in [9.17, 15) is 18.3 Å². The number of rotatable bonds is 5. The number of carbonyl (C=O) groups excluding carboxylic acids is 1. The number of sulfonamides is 1. The molecule has 0 saturated carbocycles. The molecule has 33 heavy (non-hydrogen) atoms. The van der Waals surface area contributed by atoms with Crippen molar-refractivity contribution in [1.82, 2.24) is 0 Å². The number of benzene rings is 2. The first-order chi connectivity index (χ1) is 15.6. The lowest BCUT2D eigenvalue weighted by Gasteiger charge is -2.24. The molecule has 2 aromatic carbocycles. The number of anilines is 1. The SMILES string of the molecule is CCOC(=O)c1c(-c2ccc(C)cc2)oc2cc3c(cc12)[C@H](C)O[C@@H](CO)CN3S(C)(=O)=O. The van der Waals surface area contributed by atoms with Crippen LogP contribution in [0.25, 0.3) is 22.3 Å². The summed E-state index contributed by atoms with van der Waals surface area (Å²) in [6.45, 7) is 5.31. The standard InChI is InChI=1S/C24H27NO7S/c1-5-30-24(27)22-19-10-18-15(3)31-17(13-26)12-25(33(4,28)29)20(18)11-21(19)32-23(22)16-8-6-14(2)7-9-16/h6-11,15,17,26H,5,12-13H2,1-4H3/t15-,17+/m0/s1. The Balaban J connectivity index is 2.00. The zero-order valence-corrected chi connectivity index (χ0v) is 19.8. The largest absolute Gasteiger partial charge is 0.462 e. The van der Waals surface area contributed by atoms with Gasteiger partial charge in [0.25, 0.3) is 0 Å². The maximum Gasteiger partial charge on any atom is 0.342 e. The summed E-state index contributed by atoms with van der Waals surface area (Å²) in [6, 6.07) is 10.9. The maximum atomic E-state index is 13.0. The van der Waals surface area contributed by atoms with Gasteiger partial charge >= 0.3 is 5.97 Å². The smallest absolute Gasteiger partial charge is 0.342 e. The molecule has 1 aliphatic rings. The van der Waals surface area contributed by atoms with Gasteiger partial charge in [-0.1, -0.05) is 29.8 Å². The number of esters is 1. The maximum absolute atomic E-state index is 13.0. The summed E-state index contributed by atoms with van der Waals surface area (Å²) in [5.74, 6) is -0.168. The molecule has 3 aromatic rings. The second kappa shape index (κ2) is 8.81. The first-order valence-corrected chi connectivity index (χ1v) is 12.6. The average Bonchev–Trinajstić information content (AvgIpc) is 3.06. The molecule has 176 valence electrons. The summed E-state index contributed by atoms with van der Waals surface area (Å²) in [5.41, 5.74) is 3.38. The predicted molar refractivity (Wildman–Crippen MR) is 125 cm³/mol. The van der Waals surface area contributed by atoms with Crippen molar-refractivity contribution in [2.24, 2.45) is 0 Å². The molecular weight excluding hydrogens is 446 g/mol. The van der Waals surface area contributed by atoms with Gasteiger partial charge in [-0.15, -0.1) is 0 Å². The van der Waals surface area contributed by atoms with Crippen LogP contribution < -0.4 is 4.31 Å². The molecule has 1 N–H and O–H groups in total. The number of aryl methyl sites for hydroxylation is 1. The molecule has 0 aliphatic carbocycles. The third-order valence-electron chi connectivity index (χ3n) is 5.71. The van der Waals surface area contributed by atoms with Gasteiger partial charge in [-0.2, -0.15) is 0 Å². The van der Waals surface area contributed by atoms with Crippen molar-refractivity contribution < 1.29 is 32.2 Å². The molecule has 0 saturated heterocycles. The molecule has 0 spiro atoms. The fourth-order valence-corrected chi connectivity index (χ4v) is 5.06. The second-order valence-electron chi connectivity index (χ2n) is 8.18. The molecule has 2 atom stereocenters. The Morgan fingerprint density at radius 3 is 2.55 bits per heavy atom. The fourth-order valence-electron chi connectivity index (χ4n) is 4.11. The van der Waals surface area contributed by atoms with Crippen LogP contribution in [0.15, 0.2) is 40.8 Å². The van der Waals surface area contributed by atoms with E-state index in [0.29, 0.717) is 33.5 Å². The van der Waals surface area contributed by atoms with Crippen LogP contribution in [-0.2, 0) is 19.5 Å². The van der Waals surface area contributed by atoms with E-state index in [0.717, 1.165) is 11.8 Å². The molecule has 1 aromatic heterocycles. The van der Waals surface area contributed by atoms with Gasteiger partial charge in [0, 0.05) is 22.6 Å². The third-order valence-corrected chi connectivity index (χ3v) is 6.85. The van der Waals surface area contributed by atoms with Crippen LogP contribution in [0.4, 0.5) is 5.69 Å².